The molecule has 0 bridgehead atoms. The number of halogens is 1. The van der Waals surface area contributed by atoms with Crippen LogP contribution >= 0.6 is 0 Å². The number of pyridine rings is 1. The van der Waals surface area contributed by atoms with Gasteiger partial charge in [0.15, 0.2) is 5.82 Å². The van der Waals surface area contributed by atoms with Gasteiger partial charge in [-0.2, -0.15) is 0 Å². The Balaban J connectivity index is 2.78. The Kier molecular flexibility index (Phi) is 2.98. The Morgan fingerprint density at radius 1 is 1.77 bits per heavy atom. The monoisotopic (exact) mass is 178 g/mol. The summed E-state index contributed by atoms with van der Waals surface area (Å²) in [4.78, 5) is 14.7. The molecule has 0 radical (unpaired) electrons. The third-order valence-corrected chi connectivity index (χ3v) is 1.37. The summed E-state index contributed by atoms with van der Waals surface area (Å²) in [5, 5.41) is 2.35. The number of hydrogen-bond acceptors (Lipinski definition) is 2. The molecule has 0 fully saturated rings. The van der Waals surface area contributed by atoms with Crippen molar-refractivity contribution >= 4 is 5.91 Å². The zero-order valence-electron chi connectivity index (χ0n) is 6.75. The van der Waals surface area contributed by atoms with Gasteiger partial charge in [0.1, 0.15) is 0 Å². The van der Waals surface area contributed by atoms with Crippen molar-refractivity contribution in [2.24, 2.45) is 0 Å². The van der Waals surface area contributed by atoms with Gasteiger partial charge in [-0.3, -0.25) is 9.78 Å². The first-order valence-electron chi connectivity index (χ1n) is 3.57. The van der Waals surface area contributed by atoms with E-state index >= 15 is 0 Å². The Bertz CT molecular complexity index is 357. The second-order valence-electron chi connectivity index (χ2n) is 2.24. The Labute approximate surface area is 75.0 Å². The van der Waals surface area contributed by atoms with E-state index in [-0.39, 0.29) is 12.1 Å². The van der Waals surface area contributed by atoms with Crippen LogP contribution in [-0.2, 0) is 0 Å². The van der Waals surface area contributed by atoms with Gasteiger partial charge < -0.3 is 5.32 Å². The van der Waals surface area contributed by atoms with E-state index in [0.717, 1.165) is 6.20 Å². The summed E-state index contributed by atoms with van der Waals surface area (Å²) in [6.07, 6.45) is 7.24. The molecule has 0 saturated carbocycles. The summed E-state index contributed by atoms with van der Waals surface area (Å²) < 4.78 is 12.9. The minimum absolute atomic E-state index is 0.0507. The van der Waals surface area contributed by atoms with Gasteiger partial charge in [0, 0.05) is 6.20 Å². The lowest BCUT2D eigenvalue weighted by molar-refractivity contribution is 0.0954. The highest BCUT2D eigenvalue weighted by Gasteiger charge is 2.09. The van der Waals surface area contributed by atoms with Gasteiger partial charge >= 0.3 is 0 Å². The fraction of sp³-hybridized carbons (Fsp3) is 0.111. The molecule has 1 N–H and O–H groups in total. The summed E-state index contributed by atoms with van der Waals surface area (Å²) in [5.74, 6) is 1.03. The first-order valence-corrected chi connectivity index (χ1v) is 3.57. The lowest BCUT2D eigenvalue weighted by Gasteiger charge is -2.01. The smallest absolute Gasteiger partial charge is 0.255 e. The maximum Gasteiger partial charge on any atom is 0.255 e. The number of hydrogen-bond donors (Lipinski definition) is 1. The topological polar surface area (TPSA) is 42.0 Å². The average molecular weight is 178 g/mol. The van der Waals surface area contributed by atoms with Crippen LogP contribution in [0.2, 0.25) is 0 Å². The van der Waals surface area contributed by atoms with Crippen LogP contribution in [0.3, 0.4) is 0 Å². The third kappa shape index (κ3) is 2.27. The lowest BCUT2D eigenvalue weighted by Crippen LogP contribution is -2.24. The number of rotatable bonds is 2. The quantitative estimate of drug-likeness (QED) is 0.673. The van der Waals surface area contributed by atoms with Crippen molar-refractivity contribution in [3.05, 3.63) is 29.8 Å². The van der Waals surface area contributed by atoms with Gasteiger partial charge in [-0.1, -0.05) is 5.92 Å². The van der Waals surface area contributed by atoms with Crippen LogP contribution in [0.4, 0.5) is 4.39 Å². The average Bonchev–Trinajstić information content (AvgIpc) is 2.15. The number of amides is 1. The van der Waals surface area contributed by atoms with Crippen molar-refractivity contribution in [3.8, 4) is 12.3 Å². The summed E-state index contributed by atoms with van der Waals surface area (Å²) in [5.41, 5.74) is -0.0507. The highest BCUT2D eigenvalue weighted by atomic mass is 19.1. The molecule has 1 rings (SSSR count). The standard InChI is InChI=1S/C9H7FN2O/c1-2-4-12-9(13)7-3-5-11-6-8(7)10/h1,3,5-6H,4H2,(H,12,13). The number of carbonyl (C=O) groups is 1. The van der Waals surface area contributed by atoms with Gasteiger partial charge in [0.05, 0.1) is 18.3 Å². The minimum atomic E-state index is -0.656. The maximum absolute atomic E-state index is 12.9. The van der Waals surface area contributed by atoms with Crippen molar-refractivity contribution in [1.82, 2.24) is 10.3 Å². The molecule has 0 spiro atoms. The second-order valence-corrected chi connectivity index (χ2v) is 2.24. The number of terminal acetylenes is 1. The fourth-order valence-electron chi connectivity index (χ4n) is 0.786. The zero-order chi connectivity index (χ0) is 9.68. The van der Waals surface area contributed by atoms with Gasteiger partial charge in [0.2, 0.25) is 0 Å². The van der Waals surface area contributed by atoms with E-state index in [9.17, 15) is 9.18 Å². The molecule has 0 aromatic carbocycles. The van der Waals surface area contributed by atoms with E-state index in [4.69, 9.17) is 6.42 Å². The first kappa shape index (κ1) is 9.20. The van der Waals surface area contributed by atoms with Crippen LogP contribution in [0.5, 0.6) is 0 Å². The largest absolute Gasteiger partial charge is 0.341 e. The molecular weight excluding hydrogens is 171 g/mol. The van der Waals surface area contributed by atoms with E-state index in [1.165, 1.54) is 12.3 Å². The predicted octanol–water partition coefficient (Wildman–Crippen LogP) is 0.584. The summed E-state index contributed by atoms with van der Waals surface area (Å²) in [6, 6.07) is 1.29. The van der Waals surface area contributed by atoms with Crippen LogP contribution in [0.1, 0.15) is 10.4 Å². The zero-order valence-corrected chi connectivity index (χ0v) is 6.75. The van der Waals surface area contributed by atoms with Crippen molar-refractivity contribution in [3.63, 3.8) is 0 Å². The van der Waals surface area contributed by atoms with Crippen molar-refractivity contribution in [2.75, 3.05) is 6.54 Å². The van der Waals surface area contributed by atoms with Gasteiger partial charge in [0.25, 0.3) is 5.91 Å². The van der Waals surface area contributed by atoms with Crippen LogP contribution in [0.25, 0.3) is 0 Å². The number of carbonyl (C=O) groups excluding carboxylic acids is 1. The van der Waals surface area contributed by atoms with Crippen LogP contribution < -0.4 is 5.32 Å². The number of aromatic nitrogens is 1. The molecule has 0 aliphatic heterocycles. The molecule has 0 atom stereocenters. The minimum Gasteiger partial charge on any atom is -0.341 e. The van der Waals surface area contributed by atoms with Crippen molar-refractivity contribution in [1.29, 1.82) is 0 Å². The Morgan fingerprint density at radius 3 is 3.15 bits per heavy atom. The van der Waals surface area contributed by atoms with Gasteiger partial charge in [-0.15, -0.1) is 6.42 Å². The number of nitrogens with one attached hydrogen (secondary N) is 1. The van der Waals surface area contributed by atoms with E-state index in [1.807, 2.05) is 0 Å². The van der Waals surface area contributed by atoms with Crippen LogP contribution in [-0.4, -0.2) is 17.4 Å². The molecule has 0 aliphatic rings. The van der Waals surface area contributed by atoms with Crippen LogP contribution in [0.15, 0.2) is 18.5 Å². The molecule has 66 valence electrons. The van der Waals surface area contributed by atoms with Gasteiger partial charge in [-0.05, 0) is 6.07 Å². The summed E-state index contributed by atoms with van der Waals surface area (Å²) in [6.45, 7) is 0.0839. The third-order valence-electron chi connectivity index (χ3n) is 1.37. The van der Waals surface area contributed by atoms with Gasteiger partial charge in [-0.25, -0.2) is 4.39 Å². The fourth-order valence-corrected chi connectivity index (χ4v) is 0.786. The molecule has 4 heteroatoms. The summed E-state index contributed by atoms with van der Waals surface area (Å²) >= 11 is 0. The lowest BCUT2D eigenvalue weighted by atomic mass is 10.2. The molecule has 1 aromatic rings. The first-order chi connectivity index (χ1) is 6.25. The van der Waals surface area contributed by atoms with E-state index in [0.29, 0.717) is 0 Å². The predicted molar refractivity (Wildman–Crippen MR) is 45.4 cm³/mol. The second kappa shape index (κ2) is 4.21. The molecular formula is C9H7FN2O. The Morgan fingerprint density at radius 2 is 2.54 bits per heavy atom. The molecule has 1 aromatic heterocycles. The van der Waals surface area contributed by atoms with Crippen molar-refractivity contribution in [2.45, 2.75) is 0 Å². The Hall–Kier alpha value is -1.89. The maximum atomic E-state index is 12.9. The van der Waals surface area contributed by atoms with Crippen LogP contribution in [0, 0.1) is 18.2 Å². The molecule has 1 amide bonds. The number of nitrogens with zero attached hydrogens (tertiary/aromatic N) is 1. The highest BCUT2D eigenvalue weighted by molar-refractivity contribution is 5.94. The molecule has 13 heavy (non-hydrogen) atoms. The summed E-state index contributed by atoms with van der Waals surface area (Å²) in [7, 11) is 0. The molecule has 0 unspecified atom stereocenters. The molecule has 3 nitrogen and oxygen atoms in total. The van der Waals surface area contributed by atoms with E-state index < -0.39 is 11.7 Å². The molecule has 1 heterocycles. The molecule has 0 saturated heterocycles. The SMILES string of the molecule is C#CCNC(=O)c1ccncc1F. The molecule has 0 aliphatic carbocycles. The van der Waals surface area contributed by atoms with Crippen molar-refractivity contribution < 1.29 is 9.18 Å². The normalized spacial score (nSPS) is 8.92. The van der Waals surface area contributed by atoms with E-state index in [2.05, 4.69) is 16.2 Å². The highest BCUT2D eigenvalue weighted by Crippen LogP contribution is 2.03. The van der Waals surface area contributed by atoms with E-state index in [1.54, 1.807) is 0 Å².